The first-order chi connectivity index (χ1) is 10.6. The Morgan fingerprint density at radius 2 is 2.09 bits per heavy atom. The van der Waals surface area contributed by atoms with Gasteiger partial charge in [-0.2, -0.15) is 10.1 Å². The standard InChI is InChI=1S/C13H10ClN5O3/c14-10-7-15-18(8-10)6-5-12-16-13(17-22-12)9-1-3-11(4-2-9)19(20)21/h1-4,7-8H,5-6H2. The molecule has 3 rings (SSSR count). The van der Waals surface area contributed by atoms with Crippen molar-refractivity contribution in [1.29, 1.82) is 0 Å². The maximum absolute atomic E-state index is 10.6. The van der Waals surface area contributed by atoms with Gasteiger partial charge >= 0.3 is 0 Å². The lowest BCUT2D eigenvalue weighted by Crippen LogP contribution is -2.01. The zero-order valence-corrected chi connectivity index (χ0v) is 12.0. The predicted octanol–water partition coefficient (Wildman–Crippen LogP) is 2.74. The van der Waals surface area contributed by atoms with E-state index in [1.165, 1.54) is 12.1 Å². The first kappa shape index (κ1) is 14.2. The number of rotatable bonds is 5. The summed E-state index contributed by atoms with van der Waals surface area (Å²) < 4.78 is 6.83. The molecule has 3 aromatic rings. The number of hydrogen-bond donors (Lipinski definition) is 0. The molecular formula is C13H10ClN5O3. The van der Waals surface area contributed by atoms with Gasteiger partial charge in [-0.25, -0.2) is 0 Å². The van der Waals surface area contributed by atoms with Gasteiger partial charge in [0, 0.05) is 36.9 Å². The van der Waals surface area contributed by atoms with E-state index in [1.807, 2.05) is 0 Å². The SMILES string of the molecule is O=[N+]([O-])c1ccc(-c2noc(CCn3cc(Cl)cn3)n2)cc1. The predicted molar refractivity (Wildman–Crippen MR) is 77.3 cm³/mol. The van der Waals surface area contributed by atoms with E-state index in [0.29, 0.717) is 35.3 Å². The van der Waals surface area contributed by atoms with E-state index in [-0.39, 0.29) is 5.69 Å². The summed E-state index contributed by atoms with van der Waals surface area (Å²) in [5.41, 5.74) is 0.672. The highest BCUT2D eigenvalue weighted by Crippen LogP contribution is 2.20. The number of nitro benzene ring substituents is 1. The van der Waals surface area contributed by atoms with E-state index in [4.69, 9.17) is 16.1 Å². The minimum Gasteiger partial charge on any atom is -0.339 e. The third-order valence-electron chi connectivity index (χ3n) is 2.96. The fraction of sp³-hybridized carbons (Fsp3) is 0.154. The van der Waals surface area contributed by atoms with E-state index in [9.17, 15) is 10.1 Å². The van der Waals surface area contributed by atoms with Gasteiger partial charge in [0.2, 0.25) is 11.7 Å². The lowest BCUT2D eigenvalue weighted by molar-refractivity contribution is -0.384. The maximum Gasteiger partial charge on any atom is 0.269 e. The molecule has 0 bridgehead atoms. The second-order valence-corrected chi connectivity index (χ2v) is 4.92. The lowest BCUT2D eigenvalue weighted by Gasteiger charge is -1.96. The highest BCUT2D eigenvalue weighted by molar-refractivity contribution is 6.30. The molecule has 0 unspecified atom stereocenters. The number of hydrogen-bond acceptors (Lipinski definition) is 6. The van der Waals surface area contributed by atoms with Crippen LogP contribution in [0.25, 0.3) is 11.4 Å². The summed E-state index contributed by atoms with van der Waals surface area (Å²) in [6.07, 6.45) is 3.77. The minimum atomic E-state index is -0.458. The number of halogens is 1. The van der Waals surface area contributed by atoms with Crippen LogP contribution in [0, 0.1) is 10.1 Å². The molecule has 0 saturated carbocycles. The van der Waals surface area contributed by atoms with Crippen LogP contribution in [-0.4, -0.2) is 24.8 Å². The van der Waals surface area contributed by atoms with Crippen LogP contribution < -0.4 is 0 Å². The van der Waals surface area contributed by atoms with Crippen molar-refractivity contribution in [2.45, 2.75) is 13.0 Å². The van der Waals surface area contributed by atoms with Crippen molar-refractivity contribution in [2.75, 3.05) is 0 Å². The Hall–Kier alpha value is -2.74. The largest absolute Gasteiger partial charge is 0.339 e. The molecule has 0 aliphatic heterocycles. The highest BCUT2D eigenvalue weighted by Gasteiger charge is 2.11. The summed E-state index contributed by atoms with van der Waals surface area (Å²) >= 11 is 5.78. The second kappa shape index (κ2) is 5.94. The molecule has 0 fully saturated rings. The molecule has 0 atom stereocenters. The number of benzene rings is 1. The van der Waals surface area contributed by atoms with E-state index < -0.39 is 4.92 Å². The smallest absolute Gasteiger partial charge is 0.269 e. The highest BCUT2D eigenvalue weighted by atomic mass is 35.5. The monoisotopic (exact) mass is 319 g/mol. The summed E-state index contributed by atoms with van der Waals surface area (Å²) in [5.74, 6) is 0.850. The Kier molecular flexibility index (Phi) is 3.84. The fourth-order valence-corrected chi connectivity index (χ4v) is 2.03. The van der Waals surface area contributed by atoms with Gasteiger partial charge in [-0.3, -0.25) is 14.8 Å². The molecule has 2 aromatic heterocycles. The molecular weight excluding hydrogens is 310 g/mol. The third kappa shape index (κ3) is 3.12. The molecule has 1 aromatic carbocycles. The van der Waals surface area contributed by atoms with Gasteiger partial charge in [-0.1, -0.05) is 16.8 Å². The van der Waals surface area contributed by atoms with Crippen LogP contribution >= 0.6 is 11.6 Å². The van der Waals surface area contributed by atoms with Crippen LogP contribution in [-0.2, 0) is 13.0 Å². The molecule has 0 aliphatic rings. The number of nitrogens with zero attached hydrogens (tertiary/aromatic N) is 5. The van der Waals surface area contributed by atoms with Gasteiger partial charge in [0.25, 0.3) is 5.69 Å². The normalized spacial score (nSPS) is 10.8. The van der Waals surface area contributed by atoms with Crippen LogP contribution in [0.3, 0.4) is 0 Å². The van der Waals surface area contributed by atoms with E-state index >= 15 is 0 Å². The van der Waals surface area contributed by atoms with Gasteiger partial charge in [-0.15, -0.1) is 0 Å². The van der Waals surface area contributed by atoms with Gasteiger partial charge in [0.1, 0.15) is 0 Å². The summed E-state index contributed by atoms with van der Waals surface area (Å²) in [5, 5.41) is 19.1. The summed E-state index contributed by atoms with van der Waals surface area (Å²) in [6.45, 7) is 0.564. The first-order valence-electron chi connectivity index (χ1n) is 6.37. The molecule has 112 valence electrons. The van der Waals surface area contributed by atoms with E-state index in [1.54, 1.807) is 29.2 Å². The van der Waals surface area contributed by atoms with Crippen molar-refractivity contribution >= 4 is 17.3 Å². The molecule has 9 heteroatoms. The average Bonchev–Trinajstić information content (AvgIpc) is 3.14. The van der Waals surface area contributed by atoms with Crippen LogP contribution in [0.1, 0.15) is 5.89 Å². The Labute approximate surface area is 129 Å². The molecule has 0 aliphatic carbocycles. The van der Waals surface area contributed by atoms with Crippen molar-refractivity contribution in [1.82, 2.24) is 19.9 Å². The molecule has 0 amide bonds. The van der Waals surface area contributed by atoms with Crippen LogP contribution in [0.5, 0.6) is 0 Å². The number of non-ortho nitro benzene ring substituents is 1. The number of nitro groups is 1. The van der Waals surface area contributed by atoms with Crippen molar-refractivity contribution in [2.24, 2.45) is 0 Å². The molecule has 22 heavy (non-hydrogen) atoms. The molecule has 0 N–H and O–H groups in total. The Morgan fingerprint density at radius 1 is 1.32 bits per heavy atom. The lowest BCUT2D eigenvalue weighted by atomic mass is 10.2. The first-order valence-corrected chi connectivity index (χ1v) is 6.75. The Morgan fingerprint density at radius 3 is 2.73 bits per heavy atom. The second-order valence-electron chi connectivity index (χ2n) is 4.49. The minimum absolute atomic E-state index is 0.0167. The number of aromatic nitrogens is 4. The third-order valence-corrected chi connectivity index (χ3v) is 3.16. The van der Waals surface area contributed by atoms with Crippen molar-refractivity contribution in [3.63, 3.8) is 0 Å². The van der Waals surface area contributed by atoms with Crippen LogP contribution in [0.2, 0.25) is 5.02 Å². The Balaban J connectivity index is 1.69. The van der Waals surface area contributed by atoms with E-state index in [0.717, 1.165) is 0 Å². The van der Waals surface area contributed by atoms with E-state index in [2.05, 4.69) is 15.2 Å². The van der Waals surface area contributed by atoms with Gasteiger partial charge in [0.05, 0.1) is 16.1 Å². The molecule has 0 radical (unpaired) electrons. The summed E-state index contributed by atoms with van der Waals surface area (Å²) in [7, 11) is 0. The van der Waals surface area contributed by atoms with Crippen LogP contribution in [0.15, 0.2) is 41.2 Å². The zero-order chi connectivity index (χ0) is 15.5. The number of aryl methyl sites for hydroxylation is 2. The Bertz CT molecular complexity index is 796. The van der Waals surface area contributed by atoms with Crippen LogP contribution in [0.4, 0.5) is 5.69 Å². The van der Waals surface area contributed by atoms with Crippen molar-refractivity contribution in [3.05, 3.63) is 57.7 Å². The zero-order valence-electron chi connectivity index (χ0n) is 11.2. The topological polar surface area (TPSA) is 99.9 Å². The van der Waals surface area contributed by atoms with Gasteiger partial charge in [0.15, 0.2) is 0 Å². The van der Waals surface area contributed by atoms with Gasteiger partial charge in [-0.05, 0) is 12.1 Å². The van der Waals surface area contributed by atoms with Crippen molar-refractivity contribution < 1.29 is 9.45 Å². The average molecular weight is 320 g/mol. The molecule has 8 nitrogen and oxygen atoms in total. The fourth-order valence-electron chi connectivity index (χ4n) is 1.88. The maximum atomic E-state index is 10.6. The molecule has 0 spiro atoms. The molecule has 0 saturated heterocycles. The van der Waals surface area contributed by atoms with Crippen molar-refractivity contribution in [3.8, 4) is 11.4 Å². The summed E-state index contributed by atoms with van der Waals surface area (Å²) in [6, 6.07) is 5.97. The molecule has 2 heterocycles. The van der Waals surface area contributed by atoms with Gasteiger partial charge < -0.3 is 4.52 Å². The quantitative estimate of drug-likeness (QED) is 0.529. The summed E-state index contributed by atoms with van der Waals surface area (Å²) in [4.78, 5) is 14.4.